The van der Waals surface area contributed by atoms with E-state index in [0.29, 0.717) is 15.6 Å². The van der Waals surface area contributed by atoms with Gasteiger partial charge in [0.05, 0.1) is 10.0 Å². The molecule has 0 heterocycles. The highest BCUT2D eigenvalue weighted by atomic mass is 35.5. The van der Waals surface area contributed by atoms with Gasteiger partial charge in [-0.3, -0.25) is 4.79 Å². The van der Waals surface area contributed by atoms with Crippen molar-refractivity contribution in [1.82, 2.24) is 0 Å². The molecular formula is C12H14Cl2O. The molecule has 0 aliphatic rings. The van der Waals surface area contributed by atoms with E-state index in [-0.39, 0.29) is 11.7 Å². The number of carbonyl (C=O) groups is 1. The van der Waals surface area contributed by atoms with Crippen LogP contribution >= 0.6 is 23.2 Å². The first kappa shape index (κ1) is 12.5. The summed E-state index contributed by atoms with van der Waals surface area (Å²) in [5.74, 6) is 0.183. The predicted molar refractivity (Wildman–Crippen MR) is 64.9 cm³/mol. The summed E-state index contributed by atoms with van der Waals surface area (Å²) in [6.45, 7) is 4.01. The lowest BCUT2D eigenvalue weighted by molar-refractivity contribution is 0.0923. The Hall–Kier alpha value is -0.530. The first-order chi connectivity index (χ1) is 7.06. The Kier molecular flexibility index (Phi) is 4.62. The number of Topliss-reactive ketones (excluding diaryl/α,β-unsaturated/α-hetero) is 1. The van der Waals surface area contributed by atoms with E-state index in [2.05, 4.69) is 6.92 Å². The third-order valence-electron chi connectivity index (χ3n) is 2.37. The summed E-state index contributed by atoms with van der Waals surface area (Å²) in [5, 5.41) is 0.919. The first-order valence-corrected chi connectivity index (χ1v) is 5.81. The van der Waals surface area contributed by atoms with E-state index in [1.165, 1.54) is 0 Å². The van der Waals surface area contributed by atoms with Crippen LogP contribution in [0.2, 0.25) is 10.0 Å². The van der Waals surface area contributed by atoms with Gasteiger partial charge in [-0.25, -0.2) is 0 Å². The normalized spacial score (nSPS) is 12.5. The SMILES string of the molecule is CCCC(C)C(=O)c1ccc(Cl)c(Cl)c1. The fraction of sp³-hybridized carbons (Fsp3) is 0.417. The second-order valence-electron chi connectivity index (χ2n) is 3.68. The molecule has 0 saturated heterocycles. The van der Waals surface area contributed by atoms with Crippen molar-refractivity contribution in [1.29, 1.82) is 0 Å². The highest BCUT2D eigenvalue weighted by molar-refractivity contribution is 6.42. The highest BCUT2D eigenvalue weighted by Gasteiger charge is 2.14. The molecule has 0 fully saturated rings. The fourth-order valence-corrected chi connectivity index (χ4v) is 1.80. The number of carbonyl (C=O) groups excluding carboxylic acids is 1. The van der Waals surface area contributed by atoms with Crippen LogP contribution in [0.25, 0.3) is 0 Å². The summed E-state index contributed by atoms with van der Waals surface area (Å²) < 4.78 is 0. The molecule has 1 aromatic carbocycles. The van der Waals surface area contributed by atoms with E-state index in [1.54, 1.807) is 18.2 Å². The van der Waals surface area contributed by atoms with Gasteiger partial charge < -0.3 is 0 Å². The van der Waals surface area contributed by atoms with Gasteiger partial charge in [0, 0.05) is 11.5 Å². The smallest absolute Gasteiger partial charge is 0.165 e. The van der Waals surface area contributed by atoms with Crippen molar-refractivity contribution in [3.8, 4) is 0 Å². The first-order valence-electron chi connectivity index (χ1n) is 5.05. The number of halogens is 2. The molecule has 1 aromatic rings. The molecule has 15 heavy (non-hydrogen) atoms. The van der Waals surface area contributed by atoms with Gasteiger partial charge in [-0.1, -0.05) is 43.5 Å². The minimum Gasteiger partial charge on any atom is -0.294 e. The summed E-state index contributed by atoms with van der Waals surface area (Å²) >= 11 is 11.6. The van der Waals surface area contributed by atoms with Gasteiger partial charge in [-0.15, -0.1) is 0 Å². The van der Waals surface area contributed by atoms with Crippen LogP contribution in [0.1, 0.15) is 37.0 Å². The Balaban J connectivity index is 2.87. The maximum Gasteiger partial charge on any atom is 0.165 e. The zero-order chi connectivity index (χ0) is 11.4. The Bertz CT molecular complexity index is 361. The average Bonchev–Trinajstić information content (AvgIpc) is 2.21. The molecule has 1 nitrogen and oxygen atoms in total. The summed E-state index contributed by atoms with van der Waals surface area (Å²) in [6.07, 6.45) is 1.91. The molecule has 0 spiro atoms. The lowest BCUT2D eigenvalue weighted by Gasteiger charge is -2.09. The number of rotatable bonds is 4. The molecule has 0 radical (unpaired) electrons. The van der Waals surface area contributed by atoms with Gasteiger partial charge in [0.25, 0.3) is 0 Å². The quantitative estimate of drug-likeness (QED) is 0.708. The zero-order valence-corrected chi connectivity index (χ0v) is 10.4. The molecule has 0 amide bonds. The van der Waals surface area contributed by atoms with Crippen molar-refractivity contribution in [3.05, 3.63) is 33.8 Å². The Morgan fingerprint density at radius 1 is 1.33 bits per heavy atom. The van der Waals surface area contributed by atoms with Gasteiger partial charge in [0.2, 0.25) is 0 Å². The van der Waals surface area contributed by atoms with Crippen molar-refractivity contribution < 1.29 is 4.79 Å². The molecule has 0 bridgehead atoms. The standard InChI is InChI=1S/C12H14Cl2O/c1-3-4-8(2)12(15)9-5-6-10(13)11(14)7-9/h5-8H,3-4H2,1-2H3. The Morgan fingerprint density at radius 3 is 2.53 bits per heavy atom. The second kappa shape index (κ2) is 5.53. The van der Waals surface area contributed by atoms with Crippen molar-refractivity contribution >= 4 is 29.0 Å². The van der Waals surface area contributed by atoms with E-state index in [0.717, 1.165) is 12.8 Å². The van der Waals surface area contributed by atoms with Crippen molar-refractivity contribution in [3.63, 3.8) is 0 Å². The number of ketones is 1. The lowest BCUT2D eigenvalue weighted by Crippen LogP contribution is -2.10. The summed E-state index contributed by atoms with van der Waals surface area (Å²) in [5.41, 5.74) is 0.644. The monoisotopic (exact) mass is 244 g/mol. The van der Waals surface area contributed by atoms with Crippen LogP contribution in [-0.4, -0.2) is 5.78 Å². The van der Waals surface area contributed by atoms with Gasteiger partial charge in [-0.2, -0.15) is 0 Å². The minimum absolute atomic E-state index is 0.0484. The molecule has 1 rings (SSSR count). The Labute approximate surface area is 100 Å². The molecule has 0 saturated carbocycles. The Morgan fingerprint density at radius 2 is 2.00 bits per heavy atom. The van der Waals surface area contributed by atoms with Crippen LogP contribution in [0, 0.1) is 5.92 Å². The van der Waals surface area contributed by atoms with Crippen LogP contribution in [0.15, 0.2) is 18.2 Å². The molecule has 0 aliphatic carbocycles. The summed E-state index contributed by atoms with van der Waals surface area (Å²) in [6, 6.07) is 5.02. The van der Waals surface area contributed by atoms with Crippen LogP contribution in [-0.2, 0) is 0 Å². The van der Waals surface area contributed by atoms with Crippen molar-refractivity contribution in [2.24, 2.45) is 5.92 Å². The topological polar surface area (TPSA) is 17.1 Å². The van der Waals surface area contributed by atoms with Gasteiger partial charge in [-0.05, 0) is 24.6 Å². The van der Waals surface area contributed by atoms with E-state index >= 15 is 0 Å². The number of hydrogen-bond donors (Lipinski definition) is 0. The van der Waals surface area contributed by atoms with Gasteiger partial charge in [0.15, 0.2) is 5.78 Å². The fourth-order valence-electron chi connectivity index (χ4n) is 1.50. The van der Waals surface area contributed by atoms with E-state index in [9.17, 15) is 4.79 Å². The summed E-state index contributed by atoms with van der Waals surface area (Å²) in [4.78, 5) is 11.9. The van der Waals surface area contributed by atoms with Crippen LogP contribution in [0.5, 0.6) is 0 Å². The van der Waals surface area contributed by atoms with E-state index in [1.807, 2.05) is 6.92 Å². The second-order valence-corrected chi connectivity index (χ2v) is 4.50. The molecule has 1 unspecified atom stereocenters. The van der Waals surface area contributed by atoms with Gasteiger partial charge >= 0.3 is 0 Å². The third-order valence-corrected chi connectivity index (χ3v) is 3.11. The van der Waals surface area contributed by atoms with Gasteiger partial charge in [0.1, 0.15) is 0 Å². The molecule has 3 heteroatoms. The van der Waals surface area contributed by atoms with Crippen molar-refractivity contribution in [2.75, 3.05) is 0 Å². The number of benzene rings is 1. The van der Waals surface area contributed by atoms with Crippen LogP contribution in [0.3, 0.4) is 0 Å². The largest absolute Gasteiger partial charge is 0.294 e. The summed E-state index contributed by atoms with van der Waals surface area (Å²) in [7, 11) is 0. The molecule has 0 N–H and O–H groups in total. The highest BCUT2D eigenvalue weighted by Crippen LogP contribution is 2.24. The third kappa shape index (κ3) is 3.22. The van der Waals surface area contributed by atoms with Crippen LogP contribution < -0.4 is 0 Å². The van der Waals surface area contributed by atoms with Crippen molar-refractivity contribution in [2.45, 2.75) is 26.7 Å². The minimum atomic E-state index is 0.0484. The molecule has 0 aromatic heterocycles. The predicted octanol–water partition coefficient (Wildman–Crippen LogP) is 4.61. The molecule has 0 aliphatic heterocycles. The average molecular weight is 245 g/mol. The lowest BCUT2D eigenvalue weighted by atomic mass is 9.95. The van der Waals surface area contributed by atoms with Crippen LogP contribution in [0.4, 0.5) is 0 Å². The maximum atomic E-state index is 11.9. The molecular weight excluding hydrogens is 231 g/mol. The maximum absolute atomic E-state index is 11.9. The molecule has 1 atom stereocenters. The molecule has 82 valence electrons. The zero-order valence-electron chi connectivity index (χ0n) is 8.89. The van der Waals surface area contributed by atoms with E-state index in [4.69, 9.17) is 23.2 Å². The van der Waals surface area contributed by atoms with E-state index < -0.39 is 0 Å². The number of hydrogen-bond acceptors (Lipinski definition) is 1.